The molecule has 0 bridgehead atoms. The first-order chi connectivity index (χ1) is 15.1. The van der Waals surface area contributed by atoms with Crippen molar-refractivity contribution in [1.29, 1.82) is 0 Å². The predicted molar refractivity (Wildman–Crippen MR) is 120 cm³/mol. The number of rotatable bonds is 8. The monoisotopic (exact) mass is 445 g/mol. The Balaban J connectivity index is 1.69. The number of aromatic nitrogens is 3. The molecule has 166 valence electrons. The van der Waals surface area contributed by atoms with Crippen molar-refractivity contribution in [3.8, 4) is 11.5 Å². The molecule has 0 saturated carbocycles. The van der Waals surface area contributed by atoms with Crippen LogP contribution in [0, 0.1) is 0 Å². The average molecular weight is 446 g/mol. The molecule has 0 unspecified atom stereocenters. The zero-order valence-corrected chi connectivity index (χ0v) is 18.9. The molecule has 0 atom stereocenters. The Morgan fingerprint density at radius 1 is 1.19 bits per heavy atom. The van der Waals surface area contributed by atoms with Crippen LogP contribution >= 0.6 is 11.3 Å². The van der Waals surface area contributed by atoms with Gasteiger partial charge in [-0.05, 0) is 25.1 Å². The fraction of sp³-hybridized carbons (Fsp3) is 0.476. The van der Waals surface area contributed by atoms with Crippen LogP contribution in [0.2, 0.25) is 0 Å². The van der Waals surface area contributed by atoms with Gasteiger partial charge in [0.2, 0.25) is 0 Å². The molecular formula is C21H27N5O4S. The molecule has 31 heavy (non-hydrogen) atoms. The van der Waals surface area contributed by atoms with E-state index in [-0.39, 0.29) is 5.91 Å². The molecule has 10 heteroatoms. The van der Waals surface area contributed by atoms with Gasteiger partial charge >= 0.3 is 0 Å². The smallest absolute Gasteiger partial charge is 0.280 e. The number of morpholine rings is 1. The lowest BCUT2D eigenvalue weighted by molar-refractivity contribution is 0.0391. The Labute approximate surface area is 185 Å². The van der Waals surface area contributed by atoms with Crippen LogP contribution in [-0.4, -0.2) is 79.2 Å². The molecule has 1 fully saturated rings. The number of ether oxygens (including phenoxy) is 3. The Morgan fingerprint density at radius 3 is 2.61 bits per heavy atom. The van der Waals surface area contributed by atoms with E-state index < -0.39 is 0 Å². The third-order valence-corrected chi connectivity index (χ3v) is 6.40. The number of aryl methyl sites for hydroxylation is 1. The highest BCUT2D eigenvalue weighted by molar-refractivity contribution is 7.22. The summed E-state index contributed by atoms with van der Waals surface area (Å²) in [5.74, 6) is 1.18. The van der Waals surface area contributed by atoms with Gasteiger partial charge in [-0.2, -0.15) is 5.10 Å². The molecule has 0 N–H and O–H groups in total. The third kappa shape index (κ3) is 4.51. The summed E-state index contributed by atoms with van der Waals surface area (Å²) in [5.41, 5.74) is 1.09. The van der Waals surface area contributed by atoms with Crippen LogP contribution in [0.15, 0.2) is 24.4 Å². The van der Waals surface area contributed by atoms with Gasteiger partial charge in [0.15, 0.2) is 10.8 Å². The van der Waals surface area contributed by atoms with Crippen LogP contribution in [0.25, 0.3) is 10.2 Å². The molecule has 0 aliphatic carbocycles. The summed E-state index contributed by atoms with van der Waals surface area (Å²) in [6.07, 6.45) is 1.82. The largest absolute Gasteiger partial charge is 0.495 e. The van der Waals surface area contributed by atoms with Crippen LogP contribution in [0.5, 0.6) is 11.5 Å². The molecule has 0 spiro atoms. The van der Waals surface area contributed by atoms with E-state index in [1.165, 1.54) is 11.3 Å². The summed E-state index contributed by atoms with van der Waals surface area (Å²) < 4.78 is 19.0. The number of thiazole rings is 1. The highest BCUT2D eigenvalue weighted by Gasteiger charge is 2.26. The Bertz CT molecular complexity index is 1000. The molecule has 0 radical (unpaired) electrons. The second-order valence-electron chi connectivity index (χ2n) is 7.11. The fourth-order valence-corrected chi connectivity index (χ4v) is 4.63. The minimum Gasteiger partial charge on any atom is -0.495 e. The molecule has 1 aromatic carbocycles. The van der Waals surface area contributed by atoms with Crippen molar-refractivity contribution in [2.75, 3.05) is 58.5 Å². The number of benzene rings is 1. The molecule has 4 rings (SSSR count). The molecule has 1 saturated heterocycles. The second-order valence-corrected chi connectivity index (χ2v) is 8.09. The topological polar surface area (TPSA) is 82.0 Å². The molecule has 1 aliphatic heterocycles. The first-order valence-corrected chi connectivity index (χ1v) is 11.1. The third-order valence-electron chi connectivity index (χ3n) is 5.30. The van der Waals surface area contributed by atoms with Gasteiger partial charge in [0.25, 0.3) is 5.91 Å². The molecule has 2 aromatic heterocycles. The van der Waals surface area contributed by atoms with Gasteiger partial charge in [0.1, 0.15) is 21.7 Å². The number of hydrogen-bond acceptors (Lipinski definition) is 8. The number of carbonyl (C=O) groups excluding carboxylic acids is 1. The van der Waals surface area contributed by atoms with Gasteiger partial charge in [-0.25, -0.2) is 4.98 Å². The first-order valence-electron chi connectivity index (χ1n) is 10.3. The number of carbonyl (C=O) groups is 1. The van der Waals surface area contributed by atoms with E-state index in [4.69, 9.17) is 19.2 Å². The maximum atomic E-state index is 13.4. The molecule has 1 aliphatic rings. The van der Waals surface area contributed by atoms with Crippen molar-refractivity contribution >= 4 is 32.6 Å². The second kappa shape index (κ2) is 9.63. The van der Waals surface area contributed by atoms with E-state index in [1.807, 2.05) is 25.3 Å². The molecule has 1 amide bonds. The quantitative estimate of drug-likeness (QED) is 0.527. The summed E-state index contributed by atoms with van der Waals surface area (Å²) in [6.45, 7) is 7.06. The maximum absolute atomic E-state index is 13.4. The summed E-state index contributed by atoms with van der Waals surface area (Å²) in [5, 5.41) is 5.01. The summed E-state index contributed by atoms with van der Waals surface area (Å²) in [6, 6.07) is 5.43. The Kier molecular flexibility index (Phi) is 6.69. The predicted octanol–water partition coefficient (Wildman–Crippen LogP) is 2.51. The minimum atomic E-state index is -0.169. The lowest BCUT2D eigenvalue weighted by atomic mass is 10.3. The van der Waals surface area contributed by atoms with E-state index in [1.54, 1.807) is 29.9 Å². The highest BCUT2D eigenvalue weighted by Crippen LogP contribution is 2.40. The van der Waals surface area contributed by atoms with Crippen molar-refractivity contribution in [3.05, 3.63) is 30.1 Å². The lowest BCUT2D eigenvalue weighted by Gasteiger charge is -2.29. The summed E-state index contributed by atoms with van der Waals surface area (Å²) in [4.78, 5) is 22.2. The maximum Gasteiger partial charge on any atom is 0.280 e. The lowest BCUT2D eigenvalue weighted by Crippen LogP contribution is -2.43. The first kappa shape index (κ1) is 21.5. The van der Waals surface area contributed by atoms with Crippen LogP contribution in [0.3, 0.4) is 0 Å². The zero-order chi connectivity index (χ0) is 21.8. The van der Waals surface area contributed by atoms with E-state index >= 15 is 0 Å². The van der Waals surface area contributed by atoms with Crippen molar-refractivity contribution in [3.63, 3.8) is 0 Å². The Hall–Kier alpha value is -2.69. The van der Waals surface area contributed by atoms with Gasteiger partial charge in [0, 0.05) is 38.9 Å². The van der Waals surface area contributed by atoms with Crippen LogP contribution < -0.4 is 14.4 Å². The minimum absolute atomic E-state index is 0.169. The van der Waals surface area contributed by atoms with Gasteiger partial charge in [-0.15, -0.1) is 0 Å². The van der Waals surface area contributed by atoms with Gasteiger partial charge in [0.05, 0.1) is 27.4 Å². The zero-order valence-electron chi connectivity index (χ0n) is 18.0. The number of nitrogens with zero attached hydrogens (tertiary/aromatic N) is 5. The summed E-state index contributed by atoms with van der Waals surface area (Å²) >= 11 is 1.42. The number of amides is 1. The van der Waals surface area contributed by atoms with Crippen LogP contribution in [0.1, 0.15) is 17.4 Å². The van der Waals surface area contributed by atoms with Crippen LogP contribution in [-0.2, 0) is 11.3 Å². The molecule has 3 heterocycles. The van der Waals surface area contributed by atoms with E-state index in [9.17, 15) is 4.79 Å². The van der Waals surface area contributed by atoms with Crippen molar-refractivity contribution in [2.45, 2.75) is 13.5 Å². The summed E-state index contributed by atoms with van der Waals surface area (Å²) in [7, 11) is 3.23. The van der Waals surface area contributed by atoms with Gasteiger partial charge in [-0.3, -0.25) is 19.3 Å². The normalized spacial score (nSPS) is 14.7. The van der Waals surface area contributed by atoms with Crippen molar-refractivity contribution in [2.24, 2.45) is 0 Å². The standard InChI is InChI=1S/C21H27N5O4S/c1-4-25-8-7-15(23-25)20(27)26(10-9-24-11-13-30-14-12-24)21-22-18-16(28-2)5-6-17(29-3)19(18)31-21/h5-8H,4,9-14H2,1-3H3. The number of anilines is 1. The van der Waals surface area contributed by atoms with E-state index in [0.29, 0.717) is 54.1 Å². The molecular weight excluding hydrogens is 418 g/mol. The van der Waals surface area contributed by atoms with Crippen molar-refractivity contribution in [1.82, 2.24) is 19.7 Å². The molecule has 3 aromatic rings. The van der Waals surface area contributed by atoms with E-state index in [0.717, 1.165) is 24.3 Å². The number of methoxy groups -OCH3 is 2. The van der Waals surface area contributed by atoms with E-state index in [2.05, 4.69) is 10.00 Å². The average Bonchev–Trinajstić information content (AvgIpc) is 3.47. The molecule has 9 nitrogen and oxygen atoms in total. The Morgan fingerprint density at radius 2 is 1.94 bits per heavy atom. The van der Waals surface area contributed by atoms with Gasteiger partial charge < -0.3 is 14.2 Å². The van der Waals surface area contributed by atoms with Crippen LogP contribution in [0.4, 0.5) is 5.13 Å². The SMILES string of the molecule is CCn1ccc(C(=O)N(CCN2CCOCC2)c2nc3c(OC)ccc(OC)c3s2)n1. The van der Waals surface area contributed by atoms with Gasteiger partial charge in [-0.1, -0.05) is 11.3 Å². The number of fused-ring (bicyclic) bond motifs is 1. The van der Waals surface area contributed by atoms with Crippen molar-refractivity contribution < 1.29 is 19.0 Å². The fourth-order valence-electron chi connectivity index (χ4n) is 3.53. The highest BCUT2D eigenvalue weighted by atomic mass is 32.1. The number of hydrogen-bond donors (Lipinski definition) is 0.